The maximum absolute atomic E-state index is 12.2. The second kappa shape index (κ2) is 7.51. The molecular weight excluding hydrogens is 356 g/mol. The number of benzene rings is 2. The Kier molecular flexibility index (Phi) is 5.66. The van der Waals surface area contributed by atoms with Gasteiger partial charge in [0.2, 0.25) is 0 Å². The normalized spacial score (nSPS) is 11.7. The van der Waals surface area contributed by atoms with Crippen LogP contribution < -0.4 is 15.4 Å². The maximum Gasteiger partial charge on any atom is 0.319 e. The number of carbonyl (C=O) groups is 1. The highest BCUT2D eigenvalue weighted by Gasteiger charge is 2.15. The number of ether oxygens (including phenoxy) is 1. The lowest BCUT2D eigenvalue weighted by Gasteiger charge is -2.18. The van der Waals surface area contributed by atoms with Crippen LogP contribution in [0.3, 0.4) is 0 Å². The van der Waals surface area contributed by atoms with Gasteiger partial charge in [0.1, 0.15) is 5.75 Å². The Morgan fingerprint density at radius 2 is 1.78 bits per heavy atom. The number of urea groups is 1. The Hall–Kier alpha value is -2.01. The molecule has 0 aliphatic rings. The summed E-state index contributed by atoms with van der Waals surface area (Å²) in [4.78, 5) is 12.2. The van der Waals surface area contributed by atoms with E-state index >= 15 is 0 Å². The molecule has 0 saturated carbocycles. The van der Waals surface area contributed by atoms with Crippen LogP contribution in [0.15, 0.2) is 40.9 Å². The fourth-order valence-electron chi connectivity index (χ4n) is 2.35. The zero-order chi connectivity index (χ0) is 17.0. The van der Waals surface area contributed by atoms with Crippen LogP contribution in [0.1, 0.15) is 29.7 Å². The number of hydrogen-bond acceptors (Lipinski definition) is 2. The van der Waals surface area contributed by atoms with Crippen LogP contribution in [0.5, 0.6) is 5.75 Å². The van der Waals surface area contributed by atoms with Crippen LogP contribution in [-0.4, -0.2) is 13.1 Å². The summed E-state index contributed by atoms with van der Waals surface area (Å²) in [6, 6.07) is 11.3. The van der Waals surface area contributed by atoms with Crippen molar-refractivity contribution in [1.29, 1.82) is 0 Å². The third kappa shape index (κ3) is 4.48. The monoisotopic (exact) mass is 376 g/mol. The molecule has 2 aromatic rings. The lowest BCUT2D eigenvalue weighted by atomic mass is 10.0. The number of rotatable bonds is 4. The second-order valence-corrected chi connectivity index (χ2v) is 6.40. The first kappa shape index (κ1) is 17.3. The van der Waals surface area contributed by atoms with Gasteiger partial charge in [-0.2, -0.15) is 0 Å². The lowest BCUT2D eigenvalue weighted by Crippen LogP contribution is -2.31. The van der Waals surface area contributed by atoms with Crippen LogP contribution in [-0.2, 0) is 0 Å². The topological polar surface area (TPSA) is 50.4 Å². The molecule has 0 saturated heterocycles. The highest BCUT2D eigenvalue weighted by Crippen LogP contribution is 2.27. The van der Waals surface area contributed by atoms with E-state index < -0.39 is 0 Å². The largest absolute Gasteiger partial charge is 0.496 e. The highest BCUT2D eigenvalue weighted by atomic mass is 79.9. The molecule has 5 heteroatoms. The first-order chi connectivity index (χ1) is 10.9. The summed E-state index contributed by atoms with van der Waals surface area (Å²) in [7, 11) is 1.63. The van der Waals surface area contributed by atoms with Gasteiger partial charge >= 0.3 is 6.03 Å². The zero-order valence-corrected chi connectivity index (χ0v) is 15.3. The van der Waals surface area contributed by atoms with Crippen molar-refractivity contribution < 1.29 is 9.53 Å². The molecule has 2 N–H and O–H groups in total. The quantitative estimate of drug-likeness (QED) is 0.792. The van der Waals surface area contributed by atoms with E-state index in [0.29, 0.717) is 0 Å². The molecule has 4 nitrogen and oxygen atoms in total. The summed E-state index contributed by atoms with van der Waals surface area (Å²) in [6.07, 6.45) is 0. The van der Waals surface area contributed by atoms with Crippen LogP contribution in [0.25, 0.3) is 0 Å². The van der Waals surface area contributed by atoms with Crippen molar-refractivity contribution in [2.75, 3.05) is 12.4 Å². The van der Waals surface area contributed by atoms with Crippen molar-refractivity contribution >= 4 is 27.6 Å². The number of hydrogen-bond donors (Lipinski definition) is 2. The fraction of sp³-hybridized carbons (Fsp3) is 0.278. The Balaban J connectivity index is 2.09. The molecule has 23 heavy (non-hydrogen) atoms. The molecule has 1 unspecified atom stereocenters. The van der Waals surface area contributed by atoms with E-state index in [1.54, 1.807) is 7.11 Å². The Bertz CT molecular complexity index is 716. The predicted molar refractivity (Wildman–Crippen MR) is 97.2 cm³/mol. The molecule has 1 atom stereocenters. The number of halogens is 1. The molecule has 0 bridgehead atoms. The van der Waals surface area contributed by atoms with Gasteiger partial charge in [-0.15, -0.1) is 0 Å². The van der Waals surface area contributed by atoms with E-state index in [1.165, 1.54) is 0 Å². The molecular formula is C18H21BrN2O2. The first-order valence-electron chi connectivity index (χ1n) is 7.39. The van der Waals surface area contributed by atoms with Crippen LogP contribution in [0.2, 0.25) is 0 Å². The van der Waals surface area contributed by atoms with Crippen molar-refractivity contribution in [3.63, 3.8) is 0 Å². The average Bonchev–Trinajstić information content (AvgIpc) is 2.50. The van der Waals surface area contributed by atoms with E-state index in [2.05, 4.69) is 26.6 Å². The van der Waals surface area contributed by atoms with Crippen molar-refractivity contribution in [1.82, 2.24) is 5.32 Å². The number of nitrogens with one attached hydrogen (secondary N) is 2. The molecule has 2 amide bonds. The number of methoxy groups -OCH3 is 1. The van der Waals surface area contributed by atoms with E-state index in [0.717, 1.165) is 32.6 Å². The van der Waals surface area contributed by atoms with Crippen LogP contribution >= 0.6 is 15.9 Å². The van der Waals surface area contributed by atoms with E-state index in [4.69, 9.17) is 4.74 Å². The van der Waals surface area contributed by atoms with Crippen molar-refractivity contribution in [3.8, 4) is 5.75 Å². The van der Waals surface area contributed by atoms with Gasteiger partial charge in [0.05, 0.1) is 18.8 Å². The van der Waals surface area contributed by atoms with Crippen molar-refractivity contribution in [2.24, 2.45) is 0 Å². The summed E-state index contributed by atoms with van der Waals surface area (Å²) in [6.45, 7) is 5.95. The average molecular weight is 377 g/mol. The standard InChI is InChI=1S/C18H21BrN2O2/c1-11-6-8-17(23-4)14(9-11)13(3)20-18(22)21-16-7-5-12(2)10-15(16)19/h5-10,13H,1-4H3,(H2,20,21,22). The van der Waals surface area contributed by atoms with Gasteiger partial charge in [-0.1, -0.05) is 23.8 Å². The van der Waals surface area contributed by atoms with E-state index in [1.807, 2.05) is 57.2 Å². The van der Waals surface area contributed by atoms with Crippen molar-refractivity contribution in [3.05, 3.63) is 57.6 Å². The summed E-state index contributed by atoms with van der Waals surface area (Å²) >= 11 is 3.46. The number of amides is 2. The van der Waals surface area contributed by atoms with Gasteiger partial charge in [-0.3, -0.25) is 0 Å². The minimum Gasteiger partial charge on any atom is -0.496 e. The number of aryl methyl sites for hydroxylation is 2. The Morgan fingerprint density at radius 3 is 2.43 bits per heavy atom. The summed E-state index contributed by atoms with van der Waals surface area (Å²) in [5, 5.41) is 5.79. The van der Waals surface area contributed by atoms with Gasteiger partial charge in [-0.25, -0.2) is 4.79 Å². The molecule has 0 heterocycles. The SMILES string of the molecule is COc1ccc(C)cc1C(C)NC(=O)Nc1ccc(C)cc1Br. The molecule has 0 aromatic heterocycles. The minimum absolute atomic E-state index is 0.172. The van der Waals surface area contributed by atoms with E-state index in [-0.39, 0.29) is 12.1 Å². The number of carbonyl (C=O) groups excluding carboxylic acids is 1. The second-order valence-electron chi connectivity index (χ2n) is 5.55. The van der Waals surface area contributed by atoms with Crippen molar-refractivity contribution in [2.45, 2.75) is 26.8 Å². The molecule has 2 rings (SSSR count). The van der Waals surface area contributed by atoms with Gasteiger partial charge in [0, 0.05) is 10.0 Å². The van der Waals surface area contributed by atoms with E-state index in [9.17, 15) is 4.79 Å². The third-order valence-electron chi connectivity index (χ3n) is 3.57. The fourth-order valence-corrected chi connectivity index (χ4v) is 2.94. The summed E-state index contributed by atoms with van der Waals surface area (Å²) in [5.74, 6) is 0.764. The lowest BCUT2D eigenvalue weighted by molar-refractivity contribution is 0.249. The van der Waals surface area contributed by atoms with Gasteiger partial charge in [-0.05, 0) is 60.5 Å². The summed E-state index contributed by atoms with van der Waals surface area (Å²) < 4.78 is 6.23. The Morgan fingerprint density at radius 1 is 1.13 bits per heavy atom. The Labute approximate surface area is 145 Å². The third-order valence-corrected chi connectivity index (χ3v) is 4.23. The molecule has 122 valence electrons. The molecule has 0 fully saturated rings. The molecule has 0 spiro atoms. The van der Waals surface area contributed by atoms with Crippen LogP contribution in [0, 0.1) is 13.8 Å². The molecule has 0 aliphatic heterocycles. The van der Waals surface area contributed by atoms with Gasteiger partial charge in [0.15, 0.2) is 0 Å². The minimum atomic E-state index is -0.259. The van der Waals surface area contributed by atoms with Crippen LogP contribution in [0.4, 0.5) is 10.5 Å². The maximum atomic E-state index is 12.2. The molecule has 0 radical (unpaired) electrons. The van der Waals surface area contributed by atoms with Gasteiger partial charge < -0.3 is 15.4 Å². The molecule has 2 aromatic carbocycles. The molecule has 0 aliphatic carbocycles. The highest BCUT2D eigenvalue weighted by molar-refractivity contribution is 9.10. The summed E-state index contributed by atoms with van der Waals surface area (Å²) in [5.41, 5.74) is 3.93. The zero-order valence-electron chi connectivity index (χ0n) is 13.7. The van der Waals surface area contributed by atoms with Gasteiger partial charge in [0.25, 0.3) is 0 Å². The smallest absolute Gasteiger partial charge is 0.319 e. The first-order valence-corrected chi connectivity index (χ1v) is 8.18. The predicted octanol–water partition coefficient (Wildman–Crippen LogP) is 4.96. The number of anilines is 1.